The molecule has 0 heterocycles. The zero-order valence-electron chi connectivity index (χ0n) is 14.7. The zero-order valence-corrected chi connectivity index (χ0v) is 17.8. The quantitative estimate of drug-likeness (QED) is 0.378. The first-order valence-electron chi connectivity index (χ1n) is 8.52. The Kier molecular flexibility index (Phi) is 6.99. The van der Waals surface area contributed by atoms with Gasteiger partial charge in [0.15, 0.2) is 0 Å². The van der Waals surface area contributed by atoms with Crippen LogP contribution >= 0.6 is 34.8 Å². The van der Waals surface area contributed by atoms with E-state index in [1.165, 1.54) is 0 Å². The van der Waals surface area contributed by atoms with E-state index < -0.39 is 10.8 Å². The van der Waals surface area contributed by atoms with E-state index >= 15 is 0 Å². The van der Waals surface area contributed by atoms with Gasteiger partial charge in [0.25, 0.3) is 0 Å². The Hall–Kier alpha value is -1.32. The summed E-state index contributed by atoms with van der Waals surface area (Å²) in [4.78, 5) is 0.810. The lowest BCUT2D eigenvalue weighted by Gasteiger charge is -2.25. The molecular formula is C22H19Cl3OS. The molecule has 5 heteroatoms. The average molecular weight is 438 g/mol. The Bertz CT molecular complexity index is 926. The van der Waals surface area contributed by atoms with Crippen LogP contribution in [0.3, 0.4) is 0 Å². The lowest BCUT2D eigenvalue weighted by atomic mass is 9.86. The Morgan fingerprint density at radius 2 is 1.59 bits per heavy atom. The van der Waals surface area contributed by atoms with Gasteiger partial charge in [-0.3, -0.25) is 4.21 Å². The van der Waals surface area contributed by atoms with E-state index in [4.69, 9.17) is 34.8 Å². The van der Waals surface area contributed by atoms with E-state index in [1.807, 2.05) is 66.7 Å². The van der Waals surface area contributed by atoms with Crippen LogP contribution in [0.1, 0.15) is 28.0 Å². The highest BCUT2D eigenvalue weighted by molar-refractivity contribution is 7.84. The van der Waals surface area contributed by atoms with Gasteiger partial charge in [0.05, 0.1) is 5.38 Å². The third-order valence-corrected chi connectivity index (χ3v) is 6.60. The molecule has 3 atom stereocenters. The molecule has 0 fully saturated rings. The van der Waals surface area contributed by atoms with Gasteiger partial charge < -0.3 is 0 Å². The summed E-state index contributed by atoms with van der Waals surface area (Å²) in [6.45, 7) is 0. The Balaban J connectivity index is 1.97. The second-order valence-corrected chi connectivity index (χ2v) is 9.08. The first kappa shape index (κ1) is 20.4. The molecule has 0 bridgehead atoms. The fraction of sp³-hybridized carbons (Fsp3) is 0.182. The van der Waals surface area contributed by atoms with Crippen molar-refractivity contribution in [2.45, 2.75) is 22.6 Å². The zero-order chi connectivity index (χ0) is 19.4. The molecule has 0 aliphatic carbocycles. The minimum Gasteiger partial charge on any atom is -0.255 e. The number of benzene rings is 3. The summed E-state index contributed by atoms with van der Waals surface area (Å²) in [5.74, 6) is -0.0307. The highest BCUT2D eigenvalue weighted by atomic mass is 35.5. The fourth-order valence-electron chi connectivity index (χ4n) is 3.11. The third-order valence-electron chi connectivity index (χ3n) is 4.54. The maximum absolute atomic E-state index is 11.6. The molecule has 140 valence electrons. The van der Waals surface area contributed by atoms with Crippen LogP contribution < -0.4 is 0 Å². The second kappa shape index (κ2) is 9.25. The lowest BCUT2D eigenvalue weighted by Crippen LogP contribution is -2.11. The van der Waals surface area contributed by atoms with Gasteiger partial charge in [-0.1, -0.05) is 71.7 Å². The molecule has 0 aromatic heterocycles. The first-order valence-corrected chi connectivity index (χ1v) is 11.3. The van der Waals surface area contributed by atoms with Gasteiger partial charge in [-0.25, -0.2) is 0 Å². The molecule has 0 saturated heterocycles. The molecule has 0 radical (unpaired) electrons. The summed E-state index contributed by atoms with van der Waals surface area (Å²) in [6, 6.07) is 23.3. The van der Waals surface area contributed by atoms with Gasteiger partial charge >= 0.3 is 0 Å². The van der Waals surface area contributed by atoms with E-state index in [1.54, 1.807) is 12.3 Å². The predicted molar refractivity (Wildman–Crippen MR) is 117 cm³/mol. The first-order chi connectivity index (χ1) is 13.0. The fourth-order valence-corrected chi connectivity index (χ4v) is 4.55. The van der Waals surface area contributed by atoms with Crippen LogP contribution in [-0.4, -0.2) is 10.5 Å². The summed E-state index contributed by atoms with van der Waals surface area (Å²) >= 11 is 19.5. The van der Waals surface area contributed by atoms with Gasteiger partial charge in [-0.05, 0) is 47.4 Å². The van der Waals surface area contributed by atoms with Gasteiger partial charge in [0, 0.05) is 37.9 Å². The normalized spacial score (nSPS) is 14.5. The minimum atomic E-state index is -0.993. The molecule has 0 amide bonds. The monoisotopic (exact) mass is 436 g/mol. The molecule has 0 saturated carbocycles. The van der Waals surface area contributed by atoms with Crippen molar-refractivity contribution in [3.05, 3.63) is 99.5 Å². The molecule has 0 N–H and O–H groups in total. The van der Waals surface area contributed by atoms with Gasteiger partial charge in [0.1, 0.15) is 0 Å². The van der Waals surface area contributed by atoms with Crippen molar-refractivity contribution in [3.63, 3.8) is 0 Å². The summed E-state index contributed by atoms with van der Waals surface area (Å²) < 4.78 is 11.6. The molecule has 0 aliphatic rings. The average Bonchev–Trinajstić information content (AvgIpc) is 2.67. The van der Waals surface area contributed by atoms with E-state index in [0.29, 0.717) is 16.5 Å². The molecule has 3 aromatic rings. The van der Waals surface area contributed by atoms with Crippen LogP contribution in [-0.2, 0) is 17.2 Å². The summed E-state index contributed by atoms with van der Waals surface area (Å²) in [5.41, 5.74) is 3.12. The predicted octanol–water partition coefficient (Wildman–Crippen LogP) is 7.04. The molecule has 3 unspecified atom stereocenters. The maximum Gasteiger partial charge on any atom is 0.0657 e. The molecular weight excluding hydrogens is 419 g/mol. The van der Waals surface area contributed by atoms with Crippen LogP contribution in [0.25, 0.3) is 0 Å². The van der Waals surface area contributed by atoms with Crippen molar-refractivity contribution < 1.29 is 4.21 Å². The summed E-state index contributed by atoms with van der Waals surface area (Å²) in [7, 11) is -0.993. The molecule has 3 rings (SSSR count). The third kappa shape index (κ3) is 5.14. The lowest BCUT2D eigenvalue weighted by molar-refractivity contribution is 0.658. The van der Waals surface area contributed by atoms with Crippen LogP contribution in [0.4, 0.5) is 0 Å². The van der Waals surface area contributed by atoms with Crippen LogP contribution in [0.5, 0.6) is 0 Å². The van der Waals surface area contributed by atoms with E-state index in [0.717, 1.165) is 21.6 Å². The van der Waals surface area contributed by atoms with Gasteiger partial charge in [0.2, 0.25) is 0 Å². The molecule has 3 aromatic carbocycles. The molecule has 0 spiro atoms. The number of alkyl halides is 1. The van der Waals surface area contributed by atoms with E-state index in [9.17, 15) is 4.21 Å². The Morgan fingerprint density at radius 3 is 2.19 bits per heavy atom. The Labute approximate surface area is 177 Å². The van der Waals surface area contributed by atoms with Crippen molar-refractivity contribution in [3.8, 4) is 0 Å². The second-order valence-electron chi connectivity index (χ2n) is 6.39. The van der Waals surface area contributed by atoms with Crippen LogP contribution in [0.15, 0.2) is 77.7 Å². The Morgan fingerprint density at radius 1 is 0.926 bits per heavy atom. The van der Waals surface area contributed by atoms with Gasteiger partial charge in [-0.2, -0.15) is 0 Å². The van der Waals surface area contributed by atoms with Crippen molar-refractivity contribution >= 4 is 45.6 Å². The number of hydrogen-bond donors (Lipinski definition) is 0. The van der Waals surface area contributed by atoms with Crippen molar-refractivity contribution in [1.82, 2.24) is 0 Å². The highest BCUT2D eigenvalue weighted by Crippen LogP contribution is 2.42. The highest BCUT2D eigenvalue weighted by Gasteiger charge is 2.25. The molecule has 1 nitrogen and oxygen atoms in total. The number of rotatable bonds is 6. The van der Waals surface area contributed by atoms with E-state index in [-0.39, 0.29) is 11.3 Å². The van der Waals surface area contributed by atoms with E-state index in [2.05, 4.69) is 0 Å². The van der Waals surface area contributed by atoms with Crippen LogP contribution in [0, 0.1) is 0 Å². The van der Waals surface area contributed by atoms with Crippen molar-refractivity contribution in [2.75, 3.05) is 6.26 Å². The van der Waals surface area contributed by atoms with Gasteiger partial charge in [-0.15, -0.1) is 11.6 Å². The SMILES string of the molecule is CS(=O)c1ccc(CC(c2ccc(Cl)cc2Cl)C(Cl)c2ccccc2)cc1. The standard InChI is InChI=1S/C22H19Cl3OS/c1-27(26)18-10-7-15(8-11-18)13-20(19-12-9-17(23)14-21(19)24)22(25)16-5-3-2-4-6-16/h2-12,14,20,22H,13H2,1H3. The summed E-state index contributed by atoms with van der Waals surface area (Å²) in [6.07, 6.45) is 2.39. The smallest absolute Gasteiger partial charge is 0.0657 e. The topological polar surface area (TPSA) is 17.1 Å². The maximum atomic E-state index is 11.6. The number of halogens is 3. The largest absolute Gasteiger partial charge is 0.255 e. The minimum absolute atomic E-state index is 0.0307. The summed E-state index contributed by atoms with van der Waals surface area (Å²) in [5, 5.41) is 0.966. The van der Waals surface area contributed by atoms with Crippen molar-refractivity contribution in [1.29, 1.82) is 0 Å². The molecule has 27 heavy (non-hydrogen) atoms. The van der Waals surface area contributed by atoms with Crippen molar-refractivity contribution in [2.24, 2.45) is 0 Å². The number of hydrogen-bond acceptors (Lipinski definition) is 1. The van der Waals surface area contributed by atoms with Crippen LogP contribution in [0.2, 0.25) is 10.0 Å². The molecule has 0 aliphatic heterocycles.